The minimum absolute atomic E-state index is 0.237. The Kier molecular flexibility index (Phi) is 4.50. The molecule has 0 aliphatic carbocycles. The predicted octanol–water partition coefficient (Wildman–Crippen LogP) is 4.13. The third kappa shape index (κ3) is 3.08. The van der Waals surface area contributed by atoms with Gasteiger partial charge in [0.15, 0.2) is 0 Å². The molecule has 0 saturated carbocycles. The summed E-state index contributed by atoms with van der Waals surface area (Å²) in [5, 5.41) is 9.20. The Balaban J connectivity index is 3.15. The predicted molar refractivity (Wildman–Crippen MR) is 64.3 cm³/mol. The summed E-state index contributed by atoms with van der Waals surface area (Å²) in [7, 11) is 0. The van der Waals surface area contributed by atoms with Crippen molar-refractivity contribution in [2.75, 3.05) is 0 Å². The first-order valence-corrected chi connectivity index (χ1v) is 4.91. The first-order chi connectivity index (χ1) is 7.69. The molecule has 0 atom stereocenters. The SMILES string of the molecule is C=C/C=C/C=C(\C#N)c1ccc(Cl)cc1F. The minimum atomic E-state index is -0.507. The Morgan fingerprint density at radius 3 is 2.75 bits per heavy atom. The fraction of sp³-hybridized carbons (Fsp3) is 0. The van der Waals surface area contributed by atoms with Gasteiger partial charge in [0.25, 0.3) is 0 Å². The number of rotatable bonds is 3. The van der Waals surface area contributed by atoms with Crippen molar-refractivity contribution in [1.29, 1.82) is 5.26 Å². The zero-order chi connectivity index (χ0) is 12.0. The van der Waals surface area contributed by atoms with Crippen LogP contribution < -0.4 is 0 Å². The monoisotopic (exact) mass is 233 g/mol. The van der Waals surface area contributed by atoms with E-state index in [2.05, 4.69) is 6.58 Å². The Hall–Kier alpha value is -1.85. The summed E-state index contributed by atoms with van der Waals surface area (Å²) >= 11 is 5.62. The van der Waals surface area contributed by atoms with E-state index >= 15 is 0 Å². The Bertz CT molecular complexity index is 495. The van der Waals surface area contributed by atoms with Crippen molar-refractivity contribution in [3.8, 4) is 6.07 Å². The maximum atomic E-state index is 13.5. The smallest absolute Gasteiger partial charge is 0.133 e. The number of halogens is 2. The molecule has 0 aliphatic heterocycles. The van der Waals surface area contributed by atoms with Crippen LogP contribution in [-0.2, 0) is 0 Å². The topological polar surface area (TPSA) is 23.8 Å². The van der Waals surface area contributed by atoms with Gasteiger partial charge in [-0.1, -0.05) is 36.4 Å². The average Bonchev–Trinajstić information content (AvgIpc) is 2.26. The second-order valence-electron chi connectivity index (χ2n) is 2.94. The first kappa shape index (κ1) is 12.2. The van der Waals surface area contributed by atoms with Crippen molar-refractivity contribution in [1.82, 2.24) is 0 Å². The van der Waals surface area contributed by atoms with Crippen LogP contribution in [0.1, 0.15) is 5.56 Å². The van der Waals surface area contributed by atoms with Crippen molar-refractivity contribution in [3.05, 3.63) is 65.5 Å². The van der Waals surface area contributed by atoms with E-state index in [1.165, 1.54) is 18.2 Å². The van der Waals surface area contributed by atoms with Crippen molar-refractivity contribution in [3.63, 3.8) is 0 Å². The van der Waals surface area contributed by atoms with E-state index < -0.39 is 5.82 Å². The average molecular weight is 234 g/mol. The number of hydrogen-bond donors (Lipinski definition) is 0. The van der Waals surface area contributed by atoms with Crippen molar-refractivity contribution >= 4 is 17.2 Å². The van der Waals surface area contributed by atoms with E-state index in [4.69, 9.17) is 16.9 Å². The van der Waals surface area contributed by atoms with E-state index in [1.807, 2.05) is 6.07 Å². The van der Waals surface area contributed by atoms with Crippen LogP contribution in [0.5, 0.6) is 0 Å². The highest BCUT2D eigenvalue weighted by Gasteiger charge is 2.06. The van der Waals surface area contributed by atoms with Crippen LogP contribution in [0.2, 0.25) is 5.02 Å². The van der Waals surface area contributed by atoms with Crippen LogP contribution in [0.25, 0.3) is 5.57 Å². The third-order valence-electron chi connectivity index (χ3n) is 1.85. The highest BCUT2D eigenvalue weighted by molar-refractivity contribution is 6.30. The number of hydrogen-bond acceptors (Lipinski definition) is 1. The molecule has 3 heteroatoms. The van der Waals surface area contributed by atoms with Crippen LogP contribution in [-0.4, -0.2) is 0 Å². The summed E-state index contributed by atoms with van der Waals surface area (Å²) in [5.74, 6) is -0.507. The first-order valence-electron chi connectivity index (χ1n) is 4.54. The van der Waals surface area contributed by atoms with Gasteiger partial charge in [0.05, 0.1) is 11.6 Å². The van der Waals surface area contributed by atoms with Gasteiger partial charge in [-0.2, -0.15) is 5.26 Å². The highest BCUT2D eigenvalue weighted by atomic mass is 35.5. The summed E-state index contributed by atoms with van der Waals surface area (Å²) < 4.78 is 13.5. The molecule has 1 rings (SSSR count). The molecule has 1 nitrogen and oxygen atoms in total. The molecule has 0 aliphatic rings. The van der Waals surface area contributed by atoms with Crippen LogP contribution in [0.3, 0.4) is 0 Å². The van der Waals surface area contributed by atoms with Crippen LogP contribution in [0.4, 0.5) is 4.39 Å². The molecule has 0 aromatic heterocycles. The van der Waals surface area contributed by atoms with Gasteiger partial charge in [-0.05, 0) is 24.3 Å². The summed E-state index contributed by atoms with van der Waals surface area (Å²) in [6.45, 7) is 3.49. The fourth-order valence-electron chi connectivity index (χ4n) is 1.13. The molecule has 1 aromatic rings. The van der Waals surface area contributed by atoms with Crippen molar-refractivity contribution in [2.24, 2.45) is 0 Å². The maximum Gasteiger partial charge on any atom is 0.133 e. The molecule has 0 amide bonds. The van der Waals surface area contributed by atoms with E-state index in [0.717, 1.165) is 0 Å². The molecule has 0 bridgehead atoms. The maximum absolute atomic E-state index is 13.5. The second-order valence-corrected chi connectivity index (χ2v) is 3.37. The molecule has 0 fully saturated rings. The Labute approximate surface area is 98.8 Å². The largest absolute Gasteiger partial charge is 0.206 e. The second kappa shape index (κ2) is 5.89. The van der Waals surface area contributed by atoms with Gasteiger partial charge in [-0.15, -0.1) is 0 Å². The van der Waals surface area contributed by atoms with Crippen molar-refractivity contribution < 1.29 is 4.39 Å². The number of nitriles is 1. The lowest BCUT2D eigenvalue weighted by atomic mass is 10.1. The molecule has 0 spiro atoms. The van der Waals surface area contributed by atoms with Gasteiger partial charge < -0.3 is 0 Å². The number of allylic oxidation sites excluding steroid dienone is 5. The van der Waals surface area contributed by atoms with Gasteiger partial charge in [-0.25, -0.2) is 4.39 Å². The minimum Gasteiger partial charge on any atom is -0.206 e. The molecule has 16 heavy (non-hydrogen) atoms. The van der Waals surface area contributed by atoms with Crippen LogP contribution in [0, 0.1) is 17.1 Å². The third-order valence-corrected chi connectivity index (χ3v) is 2.09. The lowest BCUT2D eigenvalue weighted by Gasteiger charge is -2.00. The zero-order valence-corrected chi connectivity index (χ0v) is 9.21. The zero-order valence-electron chi connectivity index (χ0n) is 8.45. The lowest BCUT2D eigenvalue weighted by Crippen LogP contribution is -1.87. The van der Waals surface area contributed by atoms with Gasteiger partial charge in [-0.3, -0.25) is 0 Å². The Morgan fingerprint density at radius 1 is 1.44 bits per heavy atom. The Morgan fingerprint density at radius 2 is 2.19 bits per heavy atom. The molecular weight excluding hydrogens is 225 g/mol. The number of benzene rings is 1. The molecule has 0 unspecified atom stereocenters. The highest BCUT2D eigenvalue weighted by Crippen LogP contribution is 2.21. The quantitative estimate of drug-likeness (QED) is 0.569. The lowest BCUT2D eigenvalue weighted by molar-refractivity contribution is 0.624. The molecule has 80 valence electrons. The van der Waals surface area contributed by atoms with Crippen LogP contribution in [0.15, 0.2) is 49.1 Å². The summed E-state index contributed by atoms with van der Waals surface area (Å²) in [4.78, 5) is 0. The van der Waals surface area contributed by atoms with Crippen molar-refractivity contribution in [2.45, 2.75) is 0 Å². The van der Waals surface area contributed by atoms with Gasteiger partial charge in [0, 0.05) is 10.6 Å². The summed E-state index contributed by atoms with van der Waals surface area (Å²) in [5.41, 5.74) is 0.480. The normalized spacial score (nSPS) is 11.4. The molecule has 1 aromatic carbocycles. The standard InChI is InChI=1S/C13H9ClFN/c1-2-3-4-5-10(9-16)12-7-6-11(14)8-13(12)15/h2-8H,1H2/b4-3+,10-5+. The summed E-state index contributed by atoms with van der Waals surface area (Å²) in [6, 6.07) is 6.13. The van der Waals surface area contributed by atoms with Gasteiger partial charge >= 0.3 is 0 Å². The van der Waals surface area contributed by atoms with E-state index in [-0.39, 0.29) is 11.1 Å². The van der Waals surface area contributed by atoms with Gasteiger partial charge in [0.1, 0.15) is 5.82 Å². The van der Waals surface area contributed by atoms with E-state index in [0.29, 0.717) is 5.02 Å². The van der Waals surface area contributed by atoms with Gasteiger partial charge in [0.2, 0.25) is 0 Å². The molecule has 0 radical (unpaired) electrons. The molecule has 0 saturated heterocycles. The molecular formula is C13H9ClFN. The van der Waals surface area contributed by atoms with E-state index in [9.17, 15) is 4.39 Å². The summed E-state index contributed by atoms with van der Waals surface area (Å²) in [6.07, 6.45) is 6.38. The number of nitrogens with zero attached hydrogens (tertiary/aromatic N) is 1. The van der Waals surface area contributed by atoms with E-state index in [1.54, 1.807) is 24.3 Å². The fourth-order valence-corrected chi connectivity index (χ4v) is 1.28. The molecule has 0 N–H and O–H groups in total. The van der Waals surface area contributed by atoms with Crippen LogP contribution >= 0.6 is 11.6 Å². The molecule has 0 heterocycles.